The second-order valence-electron chi connectivity index (χ2n) is 7.04. The summed E-state index contributed by atoms with van der Waals surface area (Å²) in [5.74, 6) is 1.13. The molecule has 0 spiro atoms. The summed E-state index contributed by atoms with van der Waals surface area (Å²) in [6.07, 6.45) is 0. The molecule has 0 radical (unpaired) electrons. The van der Waals surface area contributed by atoms with E-state index in [1.54, 1.807) is 6.07 Å². The molecule has 1 unspecified atom stereocenters. The second kappa shape index (κ2) is 3.67. The highest BCUT2D eigenvalue weighted by molar-refractivity contribution is 5.88. The first kappa shape index (κ1) is 13.7. The highest BCUT2D eigenvalue weighted by Gasteiger charge is 2.44. The number of benzene rings is 1. The highest BCUT2D eigenvalue weighted by Crippen LogP contribution is 2.52. The van der Waals surface area contributed by atoms with Crippen LogP contribution in [0.1, 0.15) is 29.2 Å². The Labute approximate surface area is 138 Å². The molecule has 1 atom stereocenters. The number of nitrogen functional groups attached to an aromatic ring is 2. The van der Waals surface area contributed by atoms with Crippen LogP contribution in [-0.4, -0.2) is 9.97 Å². The molecular weight excluding hydrogens is 302 g/mol. The molecule has 0 bridgehead atoms. The summed E-state index contributed by atoms with van der Waals surface area (Å²) < 4.78 is 0. The van der Waals surface area contributed by atoms with Crippen LogP contribution in [0.3, 0.4) is 0 Å². The zero-order chi connectivity index (χ0) is 17.0. The van der Waals surface area contributed by atoms with Gasteiger partial charge in [0.25, 0.3) is 0 Å². The molecule has 0 saturated heterocycles. The third-order valence-corrected chi connectivity index (χ3v) is 5.38. The first-order chi connectivity index (χ1) is 11.2. The van der Waals surface area contributed by atoms with Crippen LogP contribution in [0.25, 0.3) is 22.5 Å². The molecule has 2 heterocycles. The van der Waals surface area contributed by atoms with Crippen molar-refractivity contribution in [1.29, 1.82) is 0 Å². The minimum atomic E-state index is -1.10. The quantitative estimate of drug-likeness (QED) is 0.304. The lowest BCUT2D eigenvalue weighted by Gasteiger charge is -2.24. The van der Waals surface area contributed by atoms with E-state index >= 15 is 0 Å². The first-order valence-corrected chi connectivity index (χ1v) is 7.75. The molecule has 2 aliphatic rings. The van der Waals surface area contributed by atoms with Gasteiger partial charge in [0.15, 0.2) is 0 Å². The van der Waals surface area contributed by atoms with Gasteiger partial charge in [-0.05, 0) is 36.8 Å². The topological polar surface area (TPSA) is 162 Å². The summed E-state index contributed by atoms with van der Waals surface area (Å²) >= 11 is 0. The van der Waals surface area contributed by atoms with E-state index in [4.69, 9.17) is 28.7 Å². The fourth-order valence-electron chi connectivity index (χ4n) is 4.19. The number of aromatic amines is 2. The molecule has 12 N–H and O–H groups in total. The Hall–Kier alpha value is -2.74. The van der Waals surface area contributed by atoms with Gasteiger partial charge in [-0.15, -0.1) is 0 Å². The third-order valence-electron chi connectivity index (χ3n) is 5.38. The van der Waals surface area contributed by atoms with Crippen molar-refractivity contribution in [2.45, 2.75) is 18.1 Å². The van der Waals surface area contributed by atoms with E-state index in [2.05, 4.69) is 16.0 Å². The van der Waals surface area contributed by atoms with Crippen molar-refractivity contribution in [3.05, 3.63) is 46.5 Å². The van der Waals surface area contributed by atoms with E-state index < -0.39 is 11.2 Å². The lowest BCUT2D eigenvalue weighted by molar-refractivity contribution is 0.584. The SMILES string of the molecule is CC1(N)c2cc3c(cc2-c2[nH]c(N)cc21)C(N)(N)c1cc(N)[nH]c1-3. The standard InChI is InChI=1S/C17H19N7/c1-16(20)8-2-7-9(3-6(8)14-10(16)4-12(18)23-14)17(21,22)11-5-13(19)24-15(7)11/h2-5,23-24H,18-22H2,1H3. The average molecular weight is 321 g/mol. The van der Waals surface area contributed by atoms with Gasteiger partial charge in [-0.3, -0.25) is 0 Å². The predicted molar refractivity (Wildman–Crippen MR) is 94.6 cm³/mol. The van der Waals surface area contributed by atoms with Crippen LogP contribution in [0, 0.1) is 0 Å². The van der Waals surface area contributed by atoms with Crippen molar-refractivity contribution in [2.24, 2.45) is 17.2 Å². The number of aromatic nitrogens is 2. The number of rotatable bonds is 0. The Kier molecular flexibility index (Phi) is 2.09. The Morgan fingerprint density at radius 2 is 1.21 bits per heavy atom. The average Bonchev–Trinajstić information content (AvgIpc) is 3.17. The molecule has 3 aromatic rings. The van der Waals surface area contributed by atoms with E-state index in [1.165, 1.54) is 0 Å². The zero-order valence-corrected chi connectivity index (χ0v) is 13.2. The Morgan fingerprint density at radius 1 is 0.708 bits per heavy atom. The molecule has 7 nitrogen and oxygen atoms in total. The Balaban J connectivity index is 1.86. The minimum absolute atomic E-state index is 0.542. The van der Waals surface area contributed by atoms with Crippen LogP contribution in [0.2, 0.25) is 0 Å². The molecule has 0 saturated carbocycles. The Bertz CT molecular complexity index is 952. The molecule has 1 aromatic carbocycles. The van der Waals surface area contributed by atoms with Gasteiger partial charge in [0, 0.05) is 27.8 Å². The summed E-state index contributed by atoms with van der Waals surface area (Å²) in [5.41, 5.74) is 36.9. The van der Waals surface area contributed by atoms with Crippen molar-refractivity contribution in [3.8, 4) is 22.5 Å². The number of anilines is 2. The molecular formula is C17H19N7. The number of fused-ring (bicyclic) bond motifs is 6. The van der Waals surface area contributed by atoms with Crippen LogP contribution in [0.4, 0.5) is 11.6 Å². The number of nitrogens with one attached hydrogen (secondary N) is 2. The van der Waals surface area contributed by atoms with Gasteiger partial charge in [0.1, 0.15) is 17.3 Å². The van der Waals surface area contributed by atoms with Gasteiger partial charge >= 0.3 is 0 Å². The molecule has 5 rings (SSSR count). The molecule has 7 heteroatoms. The highest BCUT2D eigenvalue weighted by atomic mass is 15.0. The van der Waals surface area contributed by atoms with Gasteiger partial charge in [-0.2, -0.15) is 0 Å². The van der Waals surface area contributed by atoms with E-state index in [9.17, 15) is 0 Å². The first-order valence-electron chi connectivity index (χ1n) is 7.75. The maximum Gasteiger partial charge on any atom is 0.119 e. The van der Waals surface area contributed by atoms with Crippen LogP contribution < -0.4 is 28.7 Å². The Morgan fingerprint density at radius 3 is 1.88 bits per heavy atom. The molecule has 0 fully saturated rings. The number of nitrogens with two attached hydrogens (primary N) is 5. The van der Waals surface area contributed by atoms with Gasteiger partial charge in [0.05, 0.1) is 16.9 Å². The van der Waals surface area contributed by atoms with Gasteiger partial charge in [-0.25, -0.2) is 0 Å². The van der Waals surface area contributed by atoms with E-state index in [1.807, 2.05) is 19.1 Å². The molecule has 0 aliphatic heterocycles. The molecule has 2 aromatic heterocycles. The van der Waals surface area contributed by atoms with Gasteiger partial charge in [0.2, 0.25) is 0 Å². The van der Waals surface area contributed by atoms with E-state index in [-0.39, 0.29) is 0 Å². The lowest BCUT2D eigenvalue weighted by Crippen LogP contribution is -2.45. The predicted octanol–water partition coefficient (Wildman–Crippen LogP) is 0.809. The summed E-state index contributed by atoms with van der Waals surface area (Å²) in [7, 11) is 0. The number of H-pyrrole nitrogens is 2. The summed E-state index contributed by atoms with van der Waals surface area (Å²) in [4.78, 5) is 6.36. The van der Waals surface area contributed by atoms with Gasteiger partial charge < -0.3 is 38.6 Å². The normalized spacial score (nSPS) is 22.2. The van der Waals surface area contributed by atoms with Crippen molar-refractivity contribution >= 4 is 11.6 Å². The fraction of sp³-hybridized carbons (Fsp3) is 0.176. The van der Waals surface area contributed by atoms with Crippen LogP contribution in [0.5, 0.6) is 0 Å². The second-order valence-corrected chi connectivity index (χ2v) is 7.04. The van der Waals surface area contributed by atoms with Crippen molar-refractivity contribution in [1.82, 2.24) is 9.97 Å². The zero-order valence-electron chi connectivity index (χ0n) is 13.2. The van der Waals surface area contributed by atoms with Crippen molar-refractivity contribution in [3.63, 3.8) is 0 Å². The number of hydrogen-bond donors (Lipinski definition) is 7. The van der Waals surface area contributed by atoms with Crippen molar-refractivity contribution in [2.75, 3.05) is 11.5 Å². The largest absolute Gasteiger partial charge is 0.385 e. The molecule has 0 amide bonds. The lowest BCUT2D eigenvalue weighted by atomic mass is 9.88. The summed E-state index contributed by atoms with van der Waals surface area (Å²) in [6, 6.07) is 7.75. The molecule has 122 valence electrons. The van der Waals surface area contributed by atoms with E-state index in [0.717, 1.165) is 44.8 Å². The monoisotopic (exact) mass is 321 g/mol. The van der Waals surface area contributed by atoms with Crippen molar-refractivity contribution < 1.29 is 0 Å². The summed E-state index contributed by atoms with van der Waals surface area (Å²) in [6.45, 7) is 1.98. The van der Waals surface area contributed by atoms with Crippen LogP contribution in [0.15, 0.2) is 24.3 Å². The maximum atomic E-state index is 6.63. The van der Waals surface area contributed by atoms with E-state index in [0.29, 0.717) is 11.6 Å². The van der Waals surface area contributed by atoms with Gasteiger partial charge in [-0.1, -0.05) is 0 Å². The fourth-order valence-corrected chi connectivity index (χ4v) is 4.19. The third kappa shape index (κ3) is 1.34. The summed E-state index contributed by atoms with van der Waals surface area (Å²) in [5, 5.41) is 0. The molecule has 2 aliphatic carbocycles. The van der Waals surface area contributed by atoms with Crippen LogP contribution in [-0.2, 0) is 11.2 Å². The van der Waals surface area contributed by atoms with Crippen LogP contribution >= 0.6 is 0 Å². The number of hydrogen-bond acceptors (Lipinski definition) is 5. The maximum absolute atomic E-state index is 6.63. The minimum Gasteiger partial charge on any atom is -0.385 e. The molecule has 24 heavy (non-hydrogen) atoms. The smallest absolute Gasteiger partial charge is 0.119 e.